The smallest absolute Gasteiger partial charge is 0.129 e. The van der Waals surface area contributed by atoms with Crippen LogP contribution >= 0.6 is 11.6 Å². The van der Waals surface area contributed by atoms with Crippen molar-refractivity contribution in [2.45, 2.75) is 26.6 Å². The van der Waals surface area contributed by atoms with Crippen molar-refractivity contribution in [1.82, 2.24) is 0 Å². The third kappa shape index (κ3) is 4.38. The summed E-state index contributed by atoms with van der Waals surface area (Å²) in [6, 6.07) is 13.0. The van der Waals surface area contributed by atoms with Crippen molar-refractivity contribution in [1.29, 1.82) is 0 Å². The molecule has 0 amide bonds. The number of rotatable bonds is 7. The fourth-order valence-corrected chi connectivity index (χ4v) is 2.07. The molecular weight excluding hydrogens is 288 g/mol. The fraction of sp³-hybridized carbons (Fsp3) is 0.294. The number of aliphatic hydroxyl groups is 1. The molecule has 0 saturated carbocycles. The topological polar surface area (TPSA) is 38.7 Å². The molecule has 0 aliphatic carbocycles. The van der Waals surface area contributed by atoms with Crippen LogP contribution in [0.1, 0.15) is 24.5 Å². The second kappa shape index (κ2) is 7.91. The van der Waals surface area contributed by atoms with Crippen molar-refractivity contribution < 1.29 is 14.6 Å². The summed E-state index contributed by atoms with van der Waals surface area (Å²) in [6.45, 7) is 2.98. The monoisotopic (exact) mass is 306 g/mol. The lowest BCUT2D eigenvalue weighted by molar-refractivity contribution is 0.256. The van der Waals surface area contributed by atoms with E-state index in [1.165, 1.54) is 0 Å². The van der Waals surface area contributed by atoms with Crippen LogP contribution in [-0.4, -0.2) is 11.7 Å². The Labute approximate surface area is 130 Å². The molecule has 0 fully saturated rings. The van der Waals surface area contributed by atoms with Crippen molar-refractivity contribution in [2.24, 2.45) is 0 Å². The van der Waals surface area contributed by atoms with Crippen molar-refractivity contribution >= 4 is 11.6 Å². The number of benzene rings is 2. The molecule has 2 aromatic carbocycles. The Bertz CT molecular complexity index is 584. The highest BCUT2D eigenvalue weighted by atomic mass is 35.5. The first-order valence-electron chi connectivity index (χ1n) is 6.97. The molecule has 2 aromatic rings. The largest absolute Gasteiger partial charge is 0.493 e. The van der Waals surface area contributed by atoms with E-state index in [2.05, 4.69) is 6.92 Å². The standard InChI is InChI=1S/C17H19ClO3/c1-2-9-20-15-8-7-13(11-19)17(10-15)21-12-14-5-3-4-6-16(14)18/h3-8,10,19H,2,9,11-12H2,1H3. The van der Waals surface area contributed by atoms with Crippen molar-refractivity contribution in [3.63, 3.8) is 0 Å². The normalized spacial score (nSPS) is 10.4. The third-order valence-corrected chi connectivity index (χ3v) is 3.39. The Morgan fingerprint density at radius 1 is 1.05 bits per heavy atom. The average Bonchev–Trinajstić information content (AvgIpc) is 2.52. The highest BCUT2D eigenvalue weighted by Crippen LogP contribution is 2.27. The van der Waals surface area contributed by atoms with E-state index in [1.54, 1.807) is 6.07 Å². The van der Waals surface area contributed by atoms with Crippen LogP contribution in [-0.2, 0) is 13.2 Å². The van der Waals surface area contributed by atoms with Gasteiger partial charge in [0.1, 0.15) is 18.1 Å². The van der Waals surface area contributed by atoms with Gasteiger partial charge in [-0.15, -0.1) is 0 Å². The van der Waals surface area contributed by atoms with Gasteiger partial charge < -0.3 is 14.6 Å². The van der Waals surface area contributed by atoms with Crippen LogP contribution in [0.5, 0.6) is 11.5 Å². The van der Waals surface area contributed by atoms with Gasteiger partial charge in [0.25, 0.3) is 0 Å². The highest BCUT2D eigenvalue weighted by molar-refractivity contribution is 6.31. The Morgan fingerprint density at radius 3 is 2.57 bits per heavy atom. The molecule has 2 rings (SSSR count). The second-order valence-electron chi connectivity index (χ2n) is 4.66. The Morgan fingerprint density at radius 2 is 1.86 bits per heavy atom. The van der Waals surface area contributed by atoms with E-state index in [-0.39, 0.29) is 6.61 Å². The molecule has 21 heavy (non-hydrogen) atoms. The number of aliphatic hydroxyl groups excluding tert-OH is 1. The summed E-state index contributed by atoms with van der Waals surface area (Å²) in [5, 5.41) is 10.1. The molecule has 0 aliphatic heterocycles. The zero-order valence-electron chi connectivity index (χ0n) is 12.0. The molecule has 0 unspecified atom stereocenters. The van der Waals surface area contributed by atoms with Gasteiger partial charge in [-0.2, -0.15) is 0 Å². The SMILES string of the molecule is CCCOc1ccc(CO)c(OCc2ccccc2Cl)c1. The molecule has 0 saturated heterocycles. The van der Waals surface area contributed by atoms with Crippen LogP contribution in [0.2, 0.25) is 5.02 Å². The first-order valence-corrected chi connectivity index (χ1v) is 7.35. The molecule has 0 atom stereocenters. The predicted molar refractivity (Wildman–Crippen MR) is 83.9 cm³/mol. The minimum Gasteiger partial charge on any atom is -0.493 e. The van der Waals surface area contributed by atoms with Gasteiger partial charge >= 0.3 is 0 Å². The lowest BCUT2D eigenvalue weighted by atomic mass is 10.2. The van der Waals surface area contributed by atoms with Crippen molar-refractivity contribution in [2.75, 3.05) is 6.61 Å². The summed E-state index contributed by atoms with van der Waals surface area (Å²) < 4.78 is 11.4. The lowest BCUT2D eigenvalue weighted by Gasteiger charge is -2.13. The third-order valence-electron chi connectivity index (χ3n) is 3.02. The van der Waals surface area contributed by atoms with E-state index in [4.69, 9.17) is 21.1 Å². The Hall–Kier alpha value is -1.71. The number of hydrogen-bond acceptors (Lipinski definition) is 3. The van der Waals surface area contributed by atoms with E-state index in [0.29, 0.717) is 24.0 Å². The van der Waals surface area contributed by atoms with Gasteiger partial charge in [0.2, 0.25) is 0 Å². The summed E-state index contributed by atoms with van der Waals surface area (Å²) in [4.78, 5) is 0. The lowest BCUT2D eigenvalue weighted by Crippen LogP contribution is -2.01. The number of halogens is 1. The molecular formula is C17H19ClO3. The van der Waals surface area contributed by atoms with Crippen molar-refractivity contribution in [3.05, 3.63) is 58.6 Å². The Kier molecular flexibility index (Phi) is 5.90. The van der Waals surface area contributed by atoms with Gasteiger partial charge in [0.15, 0.2) is 0 Å². The predicted octanol–water partition coefficient (Wildman–Crippen LogP) is 4.20. The molecule has 0 spiro atoms. The molecule has 4 heteroatoms. The van der Waals surface area contributed by atoms with Crippen LogP contribution in [0.3, 0.4) is 0 Å². The minimum atomic E-state index is -0.0775. The highest BCUT2D eigenvalue weighted by Gasteiger charge is 2.07. The summed E-state index contributed by atoms with van der Waals surface area (Å²) in [5.74, 6) is 1.36. The van der Waals surface area contributed by atoms with Crippen LogP contribution in [0.25, 0.3) is 0 Å². The minimum absolute atomic E-state index is 0.0775. The molecule has 0 aromatic heterocycles. The quantitative estimate of drug-likeness (QED) is 0.833. The first kappa shape index (κ1) is 15.7. The van der Waals surface area contributed by atoms with Gasteiger partial charge in [0, 0.05) is 22.2 Å². The van der Waals surface area contributed by atoms with Gasteiger partial charge in [-0.3, -0.25) is 0 Å². The summed E-state index contributed by atoms with van der Waals surface area (Å²) in [5.41, 5.74) is 1.63. The molecule has 0 radical (unpaired) electrons. The zero-order chi connectivity index (χ0) is 15.1. The van der Waals surface area contributed by atoms with Gasteiger partial charge in [-0.1, -0.05) is 36.7 Å². The van der Waals surface area contributed by atoms with Crippen LogP contribution < -0.4 is 9.47 Å². The Balaban J connectivity index is 2.12. The first-order chi connectivity index (χ1) is 10.2. The van der Waals surface area contributed by atoms with E-state index in [0.717, 1.165) is 23.3 Å². The van der Waals surface area contributed by atoms with Crippen LogP contribution in [0.4, 0.5) is 0 Å². The maximum absolute atomic E-state index is 9.39. The number of ether oxygens (including phenoxy) is 2. The average molecular weight is 307 g/mol. The van der Waals surface area contributed by atoms with Crippen LogP contribution in [0, 0.1) is 0 Å². The van der Waals surface area contributed by atoms with Crippen molar-refractivity contribution in [3.8, 4) is 11.5 Å². The summed E-state index contributed by atoms with van der Waals surface area (Å²) >= 11 is 6.11. The maximum atomic E-state index is 9.39. The van der Waals surface area contributed by atoms with E-state index in [9.17, 15) is 5.11 Å². The molecule has 1 N–H and O–H groups in total. The maximum Gasteiger partial charge on any atom is 0.129 e. The second-order valence-corrected chi connectivity index (χ2v) is 5.06. The molecule has 0 heterocycles. The van der Waals surface area contributed by atoms with Crippen LogP contribution in [0.15, 0.2) is 42.5 Å². The van der Waals surface area contributed by atoms with Gasteiger partial charge in [-0.25, -0.2) is 0 Å². The fourth-order valence-electron chi connectivity index (χ4n) is 1.88. The molecule has 3 nitrogen and oxygen atoms in total. The zero-order valence-corrected chi connectivity index (χ0v) is 12.8. The molecule has 112 valence electrons. The molecule has 0 aliphatic rings. The van der Waals surface area contributed by atoms with Gasteiger partial charge in [0.05, 0.1) is 13.2 Å². The summed E-state index contributed by atoms with van der Waals surface area (Å²) in [7, 11) is 0. The van der Waals surface area contributed by atoms with Gasteiger partial charge in [-0.05, 0) is 24.6 Å². The molecule has 0 bridgehead atoms. The van der Waals surface area contributed by atoms with E-state index < -0.39 is 0 Å². The number of hydrogen-bond donors (Lipinski definition) is 1. The van der Waals surface area contributed by atoms with E-state index >= 15 is 0 Å². The summed E-state index contributed by atoms with van der Waals surface area (Å²) in [6.07, 6.45) is 0.942. The van der Waals surface area contributed by atoms with E-state index in [1.807, 2.05) is 36.4 Å².